The molecule has 4 nitrogen and oxygen atoms in total. The topological polar surface area (TPSA) is 50.4 Å². The van der Waals surface area contributed by atoms with Crippen molar-refractivity contribution < 1.29 is 18.3 Å². The first kappa shape index (κ1) is 15.5. The molecule has 0 aliphatic heterocycles. The number of nitrogens with one attached hydrogen (secondary N) is 2. The number of urea groups is 1. The molecule has 0 aromatic heterocycles. The summed E-state index contributed by atoms with van der Waals surface area (Å²) in [5.41, 5.74) is 0.425. The number of ether oxygens (including phenoxy) is 1. The minimum Gasteiger partial charge on any atom is -0.435 e. The van der Waals surface area contributed by atoms with Gasteiger partial charge in [0.05, 0.1) is 0 Å². The van der Waals surface area contributed by atoms with Gasteiger partial charge in [0.15, 0.2) is 0 Å². The maximum Gasteiger partial charge on any atom is 0.387 e. The fraction of sp³-hybridized carbons (Fsp3) is 0.533. The fourth-order valence-electron chi connectivity index (χ4n) is 2.55. The predicted molar refractivity (Wildman–Crippen MR) is 76.7 cm³/mol. The van der Waals surface area contributed by atoms with Gasteiger partial charge in [-0.2, -0.15) is 8.78 Å². The van der Waals surface area contributed by atoms with Crippen LogP contribution in [0.2, 0.25) is 0 Å². The molecule has 6 heteroatoms. The van der Waals surface area contributed by atoms with Gasteiger partial charge in [-0.05, 0) is 30.9 Å². The standard InChI is InChI=1S/C15H20F2N2O2/c16-14(17)21-13-8-4-7-12(9-13)19-15(20)18-10-11-5-2-1-3-6-11/h4,7-9,11,14H,1-3,5-6,10H2,(H2,18,19,20). The Labute approximate surface area is 122 Å². The highest BCUT2D eigenvalue weighted by molar-refractivity contribution is 5.89. The molecule has 1 aliphatic carbocycles. The summed E-state index contributed by atoms with van der Waals surface area (Å²) in [6.07, 6.45) is 6.03. The number of hydrogen-bond donors (Lipinski definition) is 2. The Kier molecular flexibility index (Phi) is 5.78. The Hall–Kier alpha value is -1.85. The van der Waals surface area contributed by atoms with Gasteiger partial charge in [-0.15, -0.1) is 0 Å². The van der Waals surface area contributed by atoms with Gasteiger partial charge in [0.25, 0.3) is 0 Å². The summed E-state index contributed by atoms with van der Waals surface area (Å²) in [6, 6.07) is 5.63. The SMILES string of the molecule is O=C(NCC1CCCCC1)Nc1cccc(OC(F)F)c1. The maximum atomic E-state index is 12.1. The number of carbonyl (C=O) groups excluding carboxylic acids is 1. The molecule has 1 fully saturated rings. The van der Waals surface area contributed by atoms with Crippen molar-refractivity contribution in [1.82, 2.24) is 5.32 Å². The number of hydrogen-bond acceptors (Lipinski definition) is 2. The van der Waals surface area contributed by atoms with Crippen LogP contribution in [-0.4, -0.2) is 19.2 Å². The second kappa shape index (κ2) is 7.81. The lowest BCUT2D eigenvalue weighted by Gasteiger charge is -2.21. The van der Waals surface area contributed by atoms with Gasteiger partial charge in [-0.3, -0.25) is 0 Å². The van der Waals surface area contributed by atoms with Crippen molar-refractivity contribution in [2.24, 2.45) is 5.92 Å². The average molecular weight is 298 g/mol. The van der Waals surface area contributed by atoms with Crippen molar-refractivity contribution in [3.63, 3.8) is 0 Å². The lowest BCUT2D eigenvalue weighted by Crippen LogP contribution is -2.33. The molecular formula is C15H20F2N2O2. The van der Waals surface area contributed by atoms with Crippen LogP contribution in [0.4, 0.5) is 19.3 Å². The van der Waals surface area contributed by atoms with Gasteiger partial charge in [0.1, 0.15) is 5.75 Å². The zero-order valence-electron chi connectivity index (χ0n) is 11.8. The van der Waals surface area contributed by atoms with Crippen molar-refractivity contribution in [3.8, 4) is 5.75 Å². The molecule has 0 radical (unpaired) electrons. The summed E-state index contributed by atoms with van der Waals surface area (Å²) in [5.74, 6) is 0.563. The quantitative estimate of drug-likeness (QED) is 0.863. The van der Waals surface area contributed by atoms with Crippen LogP contribution in [0.5, 0.6) is 5.75 Å². The summed E-state index contributed by atoms with van der Waals surface area (Å²) in [7, 11) is 0. The molecule has 2 N–H and O–H groups in total. The van der Waals surface area contributed by atoms with E-state index in [1.165, 1.54) is 31.4 Å². The molecule has 2 amide bonds. The van der Waals surface area contributed by atoms with Crippen LogP contribution in [0.3, 0.4) is 0 Å². The van der Waals surface area contributed by atoms with Gasteiger partial charge >= 0.3 is 12.6 Å². The number of benzene rings is 1. The lowest BCUT2D eigenvalue weighted by molar-refractivity contribution is -0.0497. The first-order valence-corrected chi connectivity index (χ1v) is 7.23. The summed E-state index contributed by atoms with van der Waals surface area (Å²) in [6.45, 7) is -2.22. The van der Waals surface area contributed by atoms with Gasteiger partial charge in [0.2, 0.25) is 0 Å². The smallest absolute Gasteiger partial charge is 0.387 e. The van der Waals surface area contributed by atoms with Crippen LogP contribution in [0.1, 0.15) is 32.1 Å². The largest absolute Gasteiger partial charge is 0.435 e. The van der Waals surface area contributed by atoms with Crippen LogP contribution in [-0.2, 0) is 0 Å². The van der Waals surface area contributed by atoms with Crippen LogP contribution >= 0.6 is 0 Å². The van der Waals surface area contributed by atoms with Gasteiger partial charge < -0.3 is 15.4 Å². The molecular weight excluding hydrogens is 278 g/mol. The molecule has 1 aromatic rings. The molecule has 0 unspecified atom stereocenters. The highest BCUT2D eigenvalue weighted by Gasteiger charge is 2.14. The number of alkyl halides is 2. The van der Waals surface area contributed by atoms with E-state index in [-0.39, 0.29) is 11.8 Å². The Morgan fingerprint density at radius 2 is 2.05 bits per heavy atom. The monoisotopic (exact) mass is 298 g/mol. The van der Waals surface area contributed by atoms with Gasteiger partial charge in [0, 0.05) is 18.3 Å². The molecule has 1 aromatic carbocycles. The van der Waals surface area contributed by atoms with Crippen molar-refractivity contribution >= 4 is 11.7 Å². The number of amides is 2. The minimum atomic E-state index is -2.87. The van der Waals surface area contributed by atoms with E-state index in [1.807, 2.05) is 0 Å². The molecule has 1 aliphatic rings. The van der Waals surface area contributed by atoms with Crippen LogP contribution < -0.4 is 15.4 Å². The lowest BCUT2D eigenvalue weighted by atomic mass is 9.89. The predicted octanol–water partition coefficient (Wildman–Crippen LogP) is 3.99. The Morgan fingerprint density at radius 3 is 2.76 bits per heavy atom. The zero-order chi connectivity index (χ0) is 15.1. The summed E-state index contributed by atoms with van der Waals surface area (Å²) >= 11 is 0. The van der Waals surface area contributed by atoms with E-state index < -0.39 is 6.61 Å². The minimum absolute atomic E-state index is 0.0232. The van der Waals surface area contributed by atoms with E-state index in [1.54, 1.807) is 12.1 Å². The van der Waals surface area contributed by atoms with E-state index >= 15 is 0 Å². The van der Waals surface area contributed by atoms with Crippen LogP contribution in [0.25, 0.3) is 0 Å². The molecule has 0 spiro atoms. The number of carbonyl (C=O) groups is 1. The third-order valence-electron chi connectivity index (χ3n) is 3.59. The van der Waals surface area contributed by atoms with Crippen molar-refractivity contribution in [1.29, 1.82) is 0 Å². The highest BCUT2D eigenvalue weighted by Crippen LogP contribution is 2.23. The van der Waals surface area contributed by atoms with E-state index in [2.05, 4.69) is 15.4 Å². The molecule has 1 saturated carbocycles. The molecule has 0 atom stereocenters. The molecule has 116 valence electrons. The van der Waals surface area contributed by atoms with Crippen molar-refractivity contribution in [3.05, 3.63) is 24.3 Å². The van der Waals surface area contributed by atoms with Crippen LogP contribution in [0, 0.1) is 5.92 Å². The van der Waals surface area contributed by atoms with Crippen molar-refractivity contribution in [2.45, 2.75) is 38.7 Å². The summed E-state index contributed by atoms with van der Waals surface area (Å²) in [4.78, 5) is 11.8. The highest BCUT2D eigenvalue weighted by atomic mass is 19.3. The summed E-state index contributed by atoms with van der Waals surface area (Å²) < 4.78 is 28.5. The third kappa shape index (κ3) is 5.57. The molecule has 0 heterocycles. The molecule has 0 saturated heterocycles. The van der Waals surface area contributed by atoms with Crippen molar-refractivity contribution in [2.75, 3.05) is 11.9 Å². The van der Waals surface area contributed by atoms with E-state index in [0.717, 1.165) is 12.8 Å². The first-order valence-electron chi connectivity index (χ1n) is 7.23. The molecule has 21 heavy (non-hydrogen) atoms. The third-order valence-corrected chi connectivity index (χ3v) is 3.59. The number of rotatable bonds is 5. The maximum absolute atomic E-state index is 12.1. The average Bonchev–Trinajstić information content (AvgIpc) is 2.46. The Morgan fingerprint density at radius 1 is 1.29 bits per heavy atom. The van der Waals surface area contributed by atoms with Gasteiger partial charge in [-0.25, -0.2) is 4.79 Å². The molecule has 2 rings (SSSR count). The van der Waals surface area contributed by atoms with E-state index in [0.29, 0.717) is 18.2 Å². The molecule has 0 bridgehead atoms. The number of anilines is 1. The summed E-state index contributed by atoms with van der Waals surface area (Å²) in [5, 5.41) is 5.44. The van der Waals surface area contributed by atoms with Crippen LogP contribution in [0.15, 0.2) is 24.3 Å². The fourth-order valence-corrected chi connectivity index (χ4v) is 2.55. The Balaban J connectivity index is 1.78. The zero-order valence-corrected chi connectivity index (χ0v) is 11.8. The van der Waals surface area contributed by atoms with Gasteiger partial charge in [-0.1, -0.05) is 25.3 Å². The van der Waals surface area contributed by atoms with E-state index in [9.17, 15) is 13.6 Å². The van der Waals surface area contributed by atoms with E-state index in [4.69, 9.17) is 0 Å². The Bertz CT molecular complexity index is 463. The normalized spacial score (nSPS) is 15.8. The second-order valence-corrected chi connectivity index (χ2v) is 5.25. The number of halogens is 2. The first-order chi connectivity index (χ1) is 10.1. The second-order valence-electron chi connectivity index (χ2n) is 5.25.